The third kappa shape index (κ3) is 1.46. The fourth-order valence-corrected chi connectivity index (χ4v) is 0.962. The van der Waals surface area contributed by atoms with Gasteiger partial charge in [-0.05, 0) is 6.92 Å². The molecule has 0 saturated carbocycles. The maximum Gasteiger partial charge on any atom is 0.0440 e. The molecule has 46 valence electrons. The van der Waals surface area contributed by atoms with Crippen LogP contribution >= 0.6 is 0 Å². The first-order chi connectivity index (χ1) is 3.79. The van der Waals surface area contributed by atoms with Crippen LogP contribution in [0.25, 0.3) is 0 Å². The summed E-state index contributed by atoms with van der Waals surface area (Å²) in [6.45, 7) is 5.11. The summed E-state index contributed by atoms with van der Waals surface area (Å²) in [6, 6.07) is 0.564. The molecule has 1 aliphatic heterocycles. The van der Waals surface area contributed by atoms with Crippen molar-refractivity contribution in [1.82, 2.24) is 10.2 Å². The van der Waals surface area contributed by atoms with Crippen LogP contribution in [0.15, 0.2) is 0 Å². The van der Waals surface area contributed by atoms with Gasteiger partial charge >= 0.3 is 0 Å². The summed E-state index contributed by atoms with van der Waals surface area (Å²) < 4.78 is 0. The Bertz CT molecular complexity index is 64.9. The molecular formula is C6H12N2. The monoisotopic (exact) mass is 112 g/mol. The zero-order chi connectivity index (χ0) is 5.98. The lowest BCUT2D eigenvalue weighted by atomic mass is 10.2. The fraction of sp³-hybridized carbons (Fsp3) is 0.833. The highest BCUT2D eigenvalue weighted by Gasteiger charge is 2.10. The lowest BCUT2D eigenvalue weighted by Gasteiger charge is -2.27. The third-order valence-corrected chi connectivity index (χ3v) is 1.40. The summed E-state index contributed by atoms with van der Waals surface area (Å²) in [4.78, 5) is 1.85. The summed E-state index contributed by atoms with van der Waals surface area (Å²) in [5.41, 5.74) is 0. The van der Waals surface area contributed by atoms with E-state index in [9.17, 15) is 0 Å². The molecule has 0 aliphatic carbocycles. The topological polar surface area (TPSA) is 15.3 Å². The average molecular weight is 112 g/mol. The van der Waals surface area contributed by atoms with Crippen LogP contribution in [0.5, 0.6) is 0 Å². The Labute approximate surface area is 50.9 Å². The molecule has 1 saturated heterocycles. The number of hydrogen-bond acceptors (Lipinski definition) is 2. The van der Waals surface area contributed by atoms with Gasteiger partial charge in [0.05, 0.1) is 0 Å². The van der Waals surface area contributed by atoms with Crippen molar-refractivity contribution in [1.29, 1.82) is 0 Å². The van der Waals surface area contributed by atoms with Crippen LogP contribution in [0.1, 0.15) is 6.92 Å². The number of nitrogens with zero attached hydrogens (tertiary/aromatic N) is 1. The van der Waals surface area contributed by atoms with Crippen molar-refractivity contribution in [3.05, 3.63) is 7.05 Å². The van der Waals surface area contributed by atoms with Gasteiger partial charge in [-0.3, -0.25) is 4.90 Å². The van der Waals surface area contributed by atoms with E-state index in [2.05, 4.69) is 12.2 Å². The van der Waals surface area contributed by atoms with E-state index >= 15 is 0 Å². The molecule has 2 heteroatoms. The molecule has 8 heavy (non-hydrogen) atoms. The summed E-state index contributed by atoms with van der Waals surface area (Å²) in [5.74, 6) is 0. The highest BCUT2D eigenvalue weighted by Crippen LogP contribution is 1.93. The first-order valence-corrected chi connectivity index (χ1v) is 3.02. The molecule has 1 unspecified atom stereocenters. The molecule has 1 heterocycles. The van der Waals surface area contributed by atoms with Gasteiger partial charge in [0.1, 0.15) is 0 Å². The molecule has 0 aromatic rings. The van der Waals surface area contributed by atoms with E-state index in [1.54, 1.807) is 0 Å². The quantitative estimate of drug-likeness (QED) is 0.472. The average Bonchev–Trinajstić information content (AvgIpc) is 1.64. The van der Waals surface area contributed by atoms with E-state index in [1.165, 1.54) is 0 Å². The molecule has 2 radical (unpaired) electrons. The van der Waals surface area contributed by atoms with Crippen molar-refractivity contribution in [3.63, 3.8) is 0 Å². The molecule has 1 aliphatic rings. The van der Waals surface area contributed by atoms with Crippen LogP contribution in [-0.2, 0) is 0 Å². The molecule has 0 aromatic heterocycles. The second-order valence-corrected chi connectivity index (χ2v) is 2.35. The normalized spacial score (nSPS) is 33.0. The standard InChI is InChI=1S/C6H12N2/c1-6-5-8(2)4-3-7-6/h2,6-7H,3-5H2,1H3. The Morgan fingerprint density at radius 2 is 2.50 bits per heavy atom. The van der Waals surface area contributed by atoms with Crippen molar-refractivity contribution in [2.75, 3.05) is 19.6 Å². The van der Waals surface area contributed by atoms with Crippen LogP contribution in [-0.4, -0.2) is 30.6 Å². The van der Waals surface area contributed by atoms with Gasteiger partial charge in [-0.15, -0.1) is 0 Å². The van der Waals surface area contributed by atoms with Crippen LogP contribution in [0, 0.1) is 7.05 Å². The van der Waals surface area contributed by atoms with Gasteiger partial charge in [0, 0.05) is 32.7 Å². The van der Waals surface area contributed by atoms with Crippen LogP contribution in [0.4, 0.5) is 0 Å². The zero-order valence-electron chi connectivity index (χ0n) is 5.22. The van der Waals surface area contributed by atoms with Crippen molar-refractivity contribution in [2.24, 2.45) is 0 Å². The minimum Gasteiger partial charge on any atom is -0.312 e. The third-order valence-electron chi connectivity index (χ3n) is 1.40. The maximum absolute atomic E-state index is 5.52. The zero-order valence-corrected chi connectivity index (χ0v) is 5.22. The number of rotatable bonds is 0. The molecular weight excluding hydrogens is 100 g/mol. The minimum atomic E-state index is 0.564. The van der Waals surface area contributed by atoms with Gasteiger partial charge < -0.3 is 5.32 Å². The minimum absolute atomic E-state index is 0.564. The highest BCUT2D eigenvalue weighted by molar-refractivity contribution is 4.73. The molecule has 1 N–H and O–H groups in total. The van der Waals surface area contributed by atoms with Crippen molar-refractivity contribution in [3.8, 4) is 0 Å². The van der Waals surface area contributed by atoms with Crippen molar-refractivity contribution >= 4 is 0 Å². The van der Waals surface area contributed by atoms with E-state index in [1.807, 2.05) is 4.90 Å². The predicted octanol–water partition coefficient (Wildman–Crippen LogP) is -0.0513. The Morgan fingerprint density at radius 1 is 1.75 bits per heavy atom. The molecule has 0 amide bonds. The van der Waals surface area contributed by atoms with Gasteiger partial charge in [-0.1, -0.05) is 0 Å². The van der Waals surface area contributed by atoms with E-state index in [-0.39, 0.29) is 0 Å². The van der Waals surface area contributed by atoms with Gasteiger partial charge in [-0.2, -0.15) is 0 Å². The summed E-state index contributed by atoms with van der Waals surface area (Å²) in [7, 11) is 5.52. The smallest absolute Gasteiger partial charge is 0.0440 e. The Kier molecular flexibility index (Phi) is 1.86. The molecule has 2 nitrogen and oxygen atoms in total. The van der Waals surface area contributed by atoms with E-state index in [0.717, 1.165) is 19.6 Å². The number of piperazine rings is 1. The molecule has 0 aromatic carbocycles. The molecule has 1 rings (SSSR count). The van der Waals surface area contributed by atoms with E-state index < -0.39 is 0 Å². The largest absolute Gasteiger partial charge is 0.312 e. The number of hydrogen-bond donors (Lipinski definition) is 1. The van der Waals surface area contributed by atoms with Gasteiger partial charge in [0.15, 0.2) is 0 Å². The second-order valence-electron chi connectivity index (χ2n) is 2.35. The van der Waals surface area contributed by atoms with Gasteiger partial charge in [0.2, 0.25) is 0 Å². The van der Waals surface area contributed by atoms with E-state index in [4.69, 9.17) is 7.05 Å². The predicted molar refractivity (Wildman–Crippen MR) is 33.3 cm³/mol. The molecule has 0 bridgehead atoms. The van der Waals surface area contributed by atoms with Crippen molar-refractivity contribution < 1.29 is 0 Å². The van der Waals surface area contributed by atoms with Gasteiger partial charge in [0.25, 0.3) is 0 Å². The first-order valence-electron chi connectivity index (χ1n) is 3.02. The Morgan fingerprint density at radius 3 is 2.88 bits per heavy atom. The fourth-order valence-electron chi connectivity index (χ4n) is 0.962. The second kappa shape index (κ2) is 2.46. The van der Waals surface area contributed by atoms with Crippen LogP contribution in [0.3, 0.4) is 0 Å². The summed E-state index contributed by atoms with van der Waals surface area (Å²) >= 11 is 0. The Hall–Kier alpha value is -0.0800. The first kappa shape index (κ1) is 6.05. The SMILES string of the molecule is [CH]N1CCNC(C)C1. The van der Waals surface area contributed by atoms with Crippen molar-refractivity contribution in [2.45, 2.75) is 13.0 Å². The highest BCUT2D eigenvalue weighted by atomic mass is 15.2. The van der Waals surface area contributed by atoms with Crippen LogP contribution in [0.2, 0.25) is 0 Å². The molecule has 0 spiro atoms. The number of nitrogens with one attached hydrogen (secondary N) is 1. The summed E-state index contributed by atoms with van der Waals surface area (Å²) in [5, 5.41) is 3.29. The summed E-state index contributed by atoms with van der Waals surface area (Å²) in [6.07, 6.45) is 0. The molecule has 1 atom stereocenters. The maximum atomic E-state index is 5.52. The van der Waals surface area contributed by atoms with E-state index in [0.29, 0.717) is 6.04 Å². The van der Waals surface area contributed by atoms with Gasteiger partial charge in [-0.25, -0.2) is 0 Å². The molecule has 1 fully saturated rings. The lowest BCUT2D eigenvalue weighted by molar-refractivity contribution is 0.272. The Balaban J connectivity index is 2.23. The lowest BCUT2D eigenvalue weighted by Crippen LogP contribution is -2.46. The van der Waals surface area contributed by atoms with Crippen LogP contribution < -0.4 is 5.32 Å².